The first-order chi connectivity index (χ1) is 8.04. The van der Waals surface area contributed by atoms with Crippen molar-refractivity contribution in [2.75, 3.05) is 20.2 Å². The Morgan fingerprint density at radius 1 is 1.53 bits per heavy atom. The molecule has 0 atom stereocenters. The highest BCUT2D eigenvalue weighted by atomic mass is 79.9. The molecule has 0 unspecified atom stereocenters. The van der Waals surface area contributed by atoms with Gasteiger partial charge in [0.1, 0.15) is 0 Å². The molecule has 0 aliphatic rings. The third-order valence-corrected chi connectivity index (χ3v) is 3.01. The van der Waals surface area contributed by atoms with Crippen LogP contribution in [-0.4, -0.2) is 36.2 Å². The van der Waals surface area contributed by atoms with E-state index in [0.717, 1.165) is 15.6 Å². The van der Waals surface area contributed by atoms with Crippen LogP contribution in [0.3, 0.4) is 0 Å². The Morgan fingerprint density at radius 2 is 2.24 bits per heavy atom. The fourth-order valence-corrected chi connectivity index (χ4v) is 1.89. The molecule has 1 aromatic rings. The molecule has 1 aromatic carbocycles. The lowest BCUT2D eigenvalue weighted by Crippen LogP contribution is -2.38. The number of nitrogens with zero attached hydrogens (tertiary/aromatic N) is 1. The summed E-state index contributed by atoms with van der Waals surface area (Å²) in [5.74, 6) is 0. The van der Waals surface area contributed by atoms with Crippen molar-refractivity contribution in [2.24, 2.45) is 0 Å². The van der Waals surface area contributed by atoms with E-state index in [0.29, 0.717) is 13.1 Å². The van der Waals surface area contributed by atoms with Crippen molar-refractivity contribution in [3.63, 3.8) is 0 Å². The minimum atomic E-state index is -0.179. The van der Waals surface area contributed by atoms with Crippen LogP contribution in [0.15, 0.2) is 22.7 Å². The zero-order valence-electron chi connectivity index (χ0n) is 10.0. The summed E-state index contributed by atoms with van der Waals surface area (Å²) in [7, 11) is 1.65. The summed E-state index contributed by atoms with van der Waals surface area (Å²) in [6, 6.07) is 5.76. The standard InChI is InChI=1S/C12H17BrN2O2/c1-9-7-11(13)4-3-10(9)8-14-12(17)15(2)5-6-16/h3-4,7,16H,5-6,8H2,1-2H3,(H,14,17). The number of aliphatic hydroxyl groups excluding tert-OH is 1. The van der Waals surface area contributed by atoms with Crippen LogP contribution in [-0.2, 0) is 6.54 Å². The fourth-order valence-electron chi connectivity index (χ4n) is 1.41. The van der Waals surface area contributed by atoms with E-state index >= 15 is 0 Å². The van der Waals surface area contributed by atoms with Gasteiger partial charge in [0.25, 0.3) is 0 Å². The summed E-state index contributed by atoms with van der Waals surface area (Å²) in [6.07, 6.45) is 0. The molecule has 2 amide bonds. The number of hydrogen-bond donors (Lipinski definition) is 2. The van der Waals surface area contributed by atoms with Crippen molar-refractivity contribution in [1.29, 1.82) is 0 Å². The maximum Gasteiger partial charge on any atom is 0.317 e. The van der Waals surface area contributed by atoms with Gasteiger partial charge in [-0.25, -0.2) is 4.79 Å². The van der Waals surface area contributed by atoms with Gasteiger partial charge in [-0.05, 0) is 30.2 Å². The second-order valence-electron chi connectivity index (χ2n) is 3.87. The van der Waals surface area contributed by atoms with Gasteiger partial charge >= 0.3 is 6.03 Å². The smallest absolute Gasteiger partial charge is 0.317 e. The molecular formula is C12H17BrN2O2. The van der Waals surface area contributed by atoms with Crippen molar-refractivity contribution in [3.05, 3.63) is 33.8 Å². The first-order valence-corrected chi connectivity index (χ1v) is 6.18. The quantitative estimate of drug-likeness (QED) is 0.892. The van der Waals surface area contributed by atoms with Crippen molar-refractivity contribution >= 4 is 22.0 Å². The molecule has 0 radical (unpaired) electrons. The summed E-state index contributed by atoms with van der Waals surface area (Å²) >= 11 is 3.40. The van der Waals surface area contributed by atoms with E-state index in [-0.39, 0.29) is 12.6 Å². The van der Waals surface area contributed by atoms with Gasteiger partial charge < -0.3 is 15.3 Å². The minimum Gasteiger partial charge on any atom is -0.395 e. The highest BCUT2D eigenvalue weighted by Gasteiger charge is 2.07. The SMILES string of the molecule is Cc1cc(Br)ccc1CNC(=O)N(C)CCO. The molecule has 0 fully saturated rings. The van der Waals surface area contributed by atoms with Crippen molar-refractivity contribution in [2.45, 2.75) is 13.5 Å². The molecule has 0 spiro atoms. The van der Waals surface area contributed by atoms with Crippen LogP contribution in [0, 0.1) is 6.92 Å². The van der Waals surface area contributed by atoms with Gasteiger partial charge in [-0.3, -0.25) is 0 Å². The molecule has 94 valence electrons. The summed E-state index contributed by atoms with van der Waals surface area (Å²) in [6.45, 7) is 2.81. The monoisotopic (exact) mass is 300 g/mol. The van der Waals surface area contributed by atoms with E-state index in [1.165, 1.54) is 4.90 Å². The van der Waals surface area contributed by atoms with Gasteiger partial charge in [-0.2, -0.15) is 0 Å². The molecule has 0 aliphatic carbocycles. The highest BCUT2D eigenvalue weighted by molar-refractivity contribution is 9.10. The number of urea groups is 1. The Kier molecular flexibility index (Phi) is 5.44. The van der Waals surface area contributed by atoms with Gasteiger partial charge in [0.05, 0.1) is 6.61 Å². The van der Waals surface area contributed by atoms with Crippen molar-refractivity contribution in [3.8, 4) is 0 Å². The molecule has 5 heteroatoms. The van der Waals surface area contributed by atoms with Crippen molar-refractivity contribution in [1.82, 2.24) is 10.2 Å². The maximum atomic E-state index is 11.6. The number of rotatable bonds is 4. The summed E-state index contributed by atoms with van der Waals surface area (Å²) < 4.78 is 1.03. The lowest BCUT2D eigenvalue weighted by molar-refractivity contribution is 0.190. The zero-order chi connectivity index (χ0) is 12.8. The van der Waals surface area contributed by atoms with Crippen LogP contribution in [0.1, 0.15) is 11.1 Å². The number of hydrogen-bond acceptors (Lipinski definition) is 2. The van der Waals surface area contributed by atoms with Gasteiger partial charge in [-0.15, -0.1) is 0 Å². The third kappa shape index (κ3) is 4.36. The summed E-state index contributed by atoms with van der Waals surface area (Å²) in [4.78, 5) is 13.0. The van der Waals surface area contributed by atoms with Crippen LogP contribution >= 0.6 is 15.9 Å². The van der Waals surface area contributed by atoms with E-state index < -0.39 is 0 Å². The summed E-state index contributed by atoms with van der Waals surface area (Å²) in [5, 5.41) is 11.5. The molecular weight excluding hydrogens is 284 g/mol. The zero-order valence-corrected chi connectivity index (χ0v) is 11.6. The second kappa shape index (κ2) is 6.61. The predicted molar refractivity (Wildman–Crippen MR) is 70.8 cm³/mol. The number of benzene rings is 1. The largest absolute Gasteiger partial charge is 0.395 e. The Bertz CT molecular complexity index is 396. The average molecular weight is 301 g/mol. The van der Waals surface area contributed by atoms with Gasteiger partial charge in [-0.1, -0.05) is 22.0 Å². The van der Waals surface area contributed by atoms with E-state index in [2.05, 4.69) is 21.2 Å². The minimum absolute atomic E-state index is 0.0266. The molecule has 0 heterocycles. The lowest BCUT2D eigenvalue weighted by atomic mass is 10.1. The van der Waals surface area contributed by atoms with Crippen molar-refractivity contribution < 1.29 is 9.90 Å². The van der Waals surface area contributed by atoms with E-state index in [9.17, 15) is 4.79 Å². The summed E-state index contributed by atoms with van der Waals surface area (Å²) in [5.41, 5.74) is 2.21. The number of likely N-dealkylation sites (N-methyl/N-ethyl adjacent to an activating group) is 1. The molecule has 1 rings (SSSR count). The number of aryl methyl sites for hydroxylation is 1. The molecule has 0 bridgehead atoms. The Hall–Kier alpha value is -1.07. The molecule has 0 saturated heterocycles. The van der Waals surface area contributed by atoms with Crippen LogP contribution in [0.5, 0.6) is 0 Å². The second-order valence-corrected chi connectivity index (χ2v) is 4.79. The first-order valence-electron chi connectivity index (χ1n) is 5.39. The lowest BCUT2D eigenvalue weighted by Gasteiger charge is -2.17. The molecule has 0 aromatic heterocycles. The first kappa shape index (κ1) is 14.0. The molecule has 2 N–H and O–H groups in total. The van der Waals surface area contributed by atoms with Crippen LogP contribution < -0.4 is 5.32 Å². The van der Waals surface area contributed by atoms with Gasteiger partial charge in [0, 0.05) is 24.6 Å². The Balaban J connectivity index is 2.53. The third-order valence-electron chi connectivity index (χ3n) is 2.52. The molecule has 0 aliphatic heterocycles. The normalized spacial score (nSPS) is 10.1. The maximum absolute atomic E-state index is 11.6. The predicted octanol–water partition coefficient (Wildman–Crippen LogP) is 1.89. The number of amides is 2. The Morgan fingerprint density at radius 3 is 2.82 bits per heavy atom. The van der Waals surface area contributed by atoms with Crippen LogP contribution in [0.25, 0.3) is 0 Å². The van der Waals surface area contributed by atoms with E-state index in [4.69, 9.17) is 5.11 Å². The average Bonchev–Trinajstić information content (AvgIpc) is 2.27. The van der Waals surface area contributed by atoms with Crippen LogP contribution in [0.2, 0.25) is 0 Å². The number of aliphatic hydroxyl groups is 1. The topological polar surface area (TPSA) is 52.6 Å². The fraction of sp³-hybridized carbons (Fsp3) is 0.417. The molecule has 17 heavy (non-hydrogen) atoms. The van der Waals surface area contributed by atoms with Gasteiger partial charge in [0.15, 0.2) is 0 Å². The van der Waals surface area contributed by atoms with E-state index in [1.807, 2.05) is 25.1 Å². The number of carbonyl (C=O) groups excluding carboxylic acids is 1. The highest BCUT2D eigenvalue weighted by Crippen LogP contribution is 2.15. The Labute approximate surface area is 110 Å². The number of nitrogens with one attached hydrogen (secondary N) is 1. The molecule has 0 saturated carbocycles. The van der Waals surface area contributed by atoms with E-state index in [1.54, 1.807) is 7.05 Å². The van der Waals surface area contributed by atoms with Crippen LogP contribution in [0.4, 0.5) is 4.79 Å². The molecule has 4 nitrogen and oxygen atoms in total. The van der Waals surface area contributed by atoms with Gasteiger partial charge in [0.2, 0.25) is 0 Å². The number of halogens is 1. The number of carbonyl (C=O) groups is 1.